The Balaban J connectivity index is 3.63. The fraction of sp³-hybridized carbons (Fsp3) is 0.950. The SMILES string of the molecule is CCCCCNC(=O)COCCOCCNC(O)COCCOCCNC(O)CCC(NC(O)CCCCCCCCCCCCCCCCC(O)O)C(=O)O. The Labute approximate surface area is 337 Å². The zero-order valence-electron chi connectivity index (χ0n) is 34.6. The van der Waals surface area contributed by atoms with Gasteiger partial charge in [-0.2, -0.15) is 0 Å². The van der Waals surface area contributed by atoms with Gasteiger partial charge in [-0.25, -0.2) is 0 Å². The fourth-order valence-electron chi connectivity index (χ4n) is 5.91. The molecule has 56 heavy (non-hydrogen) atoms. The van der Waals surface area contributed by atoms with E-state index in [1.165, 1.54) is 57.8 Å². The quantitative estimate of drug-likeness (QED) is 0.0314. The van der Waals surface area contributed by atoms with Crippen molar-refractivity contribution in [2.45, 2.75) is 173 Å². The number of hydrogen-bond donors (Lipinski definition) is 10. The van der Waals surface area contributed by atoms with Crippen LogP contribution in [0.4, 0.5) is 0 Å². The van der Waals surface area contributed by atoms with Crippen molar-refractivity contribution >= 4 is 11.9 Å². The van der Waals surface area contributed by atoms with Gasteiger partial charge < -0.3 is 54.9 Å². The Kier molecular flexibility index (Phi) is 40.5. The van der Waals surface area contributed by atoms with Gasteiger partial charge >= 0.3 is 5.97 Å². The topological polar surface area (TPSA) is 241 Å². The van der Waals surface area contributed by atoms with Gasteiger partial charge in [0.05, 0.1) is 46.2 Å². The molecular formula is C40H82N4O12. The Morgan fingerprint density at radius 1 is 0.500 bits per heavy atom. The minimum Gasteiger partial charge on any atom is -0.480 e. The molecule has 0 spiro atoms. The summed E-state index contributed by atoms with van der Waals surface area (Å²) in [5, 5.41) is 69.2. The fourth-order valence-corrected chi connectivity index (χ4v) is 5.91. The number of hydrogen-bond acceptors (Lipinski definition) is 14. The number of rotatable bonds is 45. The number of nitrogens with one attached hydrogen (secondary N) is 4. The van der Waals surface area contributed by atoms with Crippen molar-refractivity contribution in [2.75, 3.05) is 72.5 Å². The van der Waals surface area contributed by atoms with Crippen LogP contribution in [0.25, 0.3) is 0 Å². The lowest BCUT2D eigenvalue weighted by atomic mass is 10.0. The monoisotopic (exact) mass is 811 g/mol. The highest BCUT2D eigenvalue weighted by Crippen LogP contribution is 2.14. The number of carboxylic acid groups (broad SMARTS) is 1. The molecule has 0 aromatic rings. The molecule has 10 N–H and O–H groups in total. The summed E-state index contributed by atoms with van der Waals surface area (Å²) in [5.41, 5.74) is 0. The molecule has 0 aliphatic carbocycles. The summed E-state index contributed by atoms with van der Waals surface area (Å²) < 4.78 is 21.6. The highest BCUT2D eigenvalue weighted by atomic mass is 16.5. The van der Waals surface area contributed by atoms with Crippen LogP contribution in [-0.2, 0) is 28.5 Å². The molecule has 4 unspecified atom stereocenters. The number of aliphatic hydroxyl groups excluding tert-OH is 4. The maximum atomic E-state index is 11.7. The maximum Gasteiger partial charge on any atom is 0.320 e. The number of aliphatic hydroxyl groups is 5. The molecule has 0 heterocycles. The van der Waals surface area contributed by atoms with E-state index < -0.39 is 37.0 Å². The van der Waals surface area contributed by atoms with E-state index >= 15 is 0 Å². The van der Waals surface area contributed by atoms with E-state index in [2.05, 4.69) is 28.2 Å². The van der Waals surface area contributed by atoms with Crippen LogP contribution in [0.5, 0.6) is 0 Å². The van der Waals surface area contributed by atoms with E-state index in [0.29, 0.717) is 65.5 Å². The summed E-state index contributed by atoms with van der Waals surface area (Å²) in [4.78, 5) is 23.3. The van der Waals surface area contributed by atoms with Crippen LogP contribution in [0.3, 0.4) is 0 Å². The molecule has 16 nitrogen and oxygen atoms in total. The summed E-state index contributed by atoms with van der Waals surface area (Å²) in [7, 11) is 0. The van der Waals surface area contributed by atoms with Crippen LogP contribution in [0.1, 0.15) is 142 Å². The summed E-state index contributed by atoms with van der Waals surface area (Å²) in [6.07, 6.45) is 16.6. The summed E-state index contributed by atoms with van der Waals surface area (Å²) in [6, 6.07) is -0.961. The summed E-state index contributed by atoms with van der Waals surface area (Å²) in [5.74, 6) is -1.19. The normalized spacial score (nSPS) is 13.9. The highest BCUT2D eigenvalue weighted by Gasteiger charge is 2.21. The number of ether oxygens (including phenoxy) is 4. The van der Waals surface area contributed by atoms with Crippen molar-refractivity contribution in [1.82, 2.24) is 21.3 Å². The van der Waals surface area contributed by atoms with Crippen LogP contribution in [0, 0.1) is 0 Å². The number of carboxylic acids is 1. The average Bonchev–Trinajstić information content (AvgIpc) is 3.16. The molecule has 0 aliphatic rings. The molecule has 0 aliphatic heterocycles. The standard InChI is InChI=1S/C40H82N4O12/c1-2-3-18-23-41-37(47)32-55-30-29-54-27-25-43-38(48)33-56-31-28-53-26-24-42-35(45)22-21-34(40(51)52)44-36(46)19-16-14-12-10-8-6-4-5-7-9-11-13-15-17-20-39(49)50/h34-36,38-39,42-46,48-50H,2-33H2,1H3,(H,41,47)(H,51,52). The molecule has 0 fully saturated rings. The molecule has 334 valence electrons. The van der Waals surface area contributed by atoms with E-state index in [1.54, 1.807) is 0 Å². The summed E-state index contributed by atoms with van der Waals surface area (Å²) >= 11 is 0. The first-order valence-electron chi connectivity index (χ1n) is 21.6. The molecule has 0 aromatic heterocycles. The molecular weight excluding hydrogens is 728 g/mol. The molecule has 0 aromatic carbocycles. The zero-order chi connectivity index (χ0) is 41.3. The van der Waals surface area contributed by atoms with Gasteiger partial charge in [0, 0.05) is 19.6 Å². The molecule has 4 atom stereocenters. The van der Waals surface area contributed by atoms with Crippen molar-refractivity contribution < 1.29 is 59.2 Å². The third kappa shape index (κ3) is 40.6. The number of aliphatic carboxylic acids is 1. The number of carbonyl (C=O) groups excluding carboxylic acids is 1. The van der Waals surface area contributed by atoms with E-state index in [1.807, 2.05) is 0 Å². The second-order valence-corrected chi connectivity index (χ2v) is 14.5. The minimum atomic E-state index is -1.17. The molecule has 0 rings (SSSR count). The average molecular weight is 811 g/mol. The number of carbonyl (C=O) groups is 2. The van der Waals surface area contributed by atoms with Gasteiger partial charge in [-0.1, -0.05) is 96.8 Å². The lowest BCUT2D eigenvalue weighted by Gasteiger charge is -2.21. The second-order valence-electron chi connectivity index (χ2n) is 14.5. The van der Waals surface area contributed by atoms with Crippen LogP contribution in [0.15, 0.2) is 0 Å². The first-order chi connectivity index (χ1) is 27.1. The lowest BCUT2D eigenvalue weighted by molar-refractivity contribution is -0.141. The van der Waals surface area contributed by atoms with Crippen LogP contribution < -0.4 is 21.3 Å². The van der Waals surface area contributed by atoms with Gasteiger partial charge in [-0.3, -0.25) is 25.5 Å². The Hall–Kier alpha value is -1.54. The third-order valence-corrected chi connectivity index (χ3v) is 9.22. The second kappa shape index (κ2) is 41.6. The van der Waals surface area contributed by atoms with Crippen molar-refractivity contribution in [1.29, 1.82) is 0 Å². The summed E-state index contributed by atoms with van der Waals surface area (Å²) in [6.45, 7) is 5.57. The van der Waals surface area contributed by atoms with Gasteiger partial charge in [-0.05, 0) is 44.9 Å². The van der Waals surface area contributed by atoms with E-state index in [-0.39, 0.29) is 38.6 Å². The number of amides is 1. The van der Waals surface area contributed by atoms with E-state index in [0.717, 1.165) is 51.4 Å². The predicted molar refractivity (Wildman–Crippen MR) is 216 cm³/mol. The van der Waals surface area contributed by atoms with Crippen molar-refractivity contribution in [3.63, 3.8) is 0 Å². The zero-order valence-corrected chi connectivity index (χ0v) is 34.6. The minimum absolute atomic E-state index is 0.0139. The van der Waals surface area contributed by atoms with Crippen LogP contribution in [0.2, 0.25) is 0 Å². The largest absolute Gasteiger partial charge is 0.480 e. The highest BCUT2D eigenvalue weighted by molar-refractivity contribution is 5.77. The van der Waals surface area contributed by atoms with Gasteiger partial charge in [0.15, 0.2) is 6.29 Å². The van der Waals surface area contributed by atoms with Crippen LogP contribution >= 0.6 is 0 Å². The molecule has 0 saturated heterocycles. The maximum absolute atomic E-state index is 11.7. The molecule has 0 bridgehead atoms. The Morgan fingerprint density at radius 3 is 1.54 bits per heavy atom. The van der Waals surface area contributed by atoms with E-state index in [4.69, 9.17) is 29.2 Å². The number of unbranched alkanes of at least 4 members (excludes halogenated alkanes) is 15. The van der Waals surface area contributed by atoms with Gasteiger partial charge in [0.25, 0.3) is 0 Å². The third-order valence-electron chi connectivity index (χ3n) is 9.22. The molecule has 0 radical (unpaired) electrons. The van der Waals surface area contributed by atoms with Gasteiger partial charge in [0.2, 0.25) is 5.91 Å². The Bertz CT molecular complexity index is 864. The van der Waals surface area contributed by atoms with Gasteiger partial charge in [0.1, 0.15) is 31.3 Å². The molecule has 0 saturated carbocycles. The first kappa shape index (κ1) is 54.5. The van der Waals surface area contributed by atoms with Crippen LogP contribution in [-0.4, -0.2) is 146 Å². The van der Waals surface area contributed by atoms with Crippen molar-refractivity contribution in [3.05, 3.63) is 0 Å². The van der Waals surface area contributed by atoms with Crippen molar-refractivity contribution in [2.24, 2.45) is 0 Å². The Morgan fingerprint density at radius 2 is 1.00 bits per heavy atom. The van der Waals surface area contributed by atoms with E-state index in [9.17, 15) is 30.0 Å². The smallest absolute Gasteiger partial charge is 0.320 e. The van der Waals surface area contributed by atoms with Crippen molar-refractivity contribution in [3.8, 4) is 0 Å². The predicted octanol–water partition coefficient (Wildman–Crippen LogP) is 2.87. The molecule has 16 heteroatoms. The lowest BCUT2D eigenvalue weighted by Crippen LogP contribution is -2.44. The first-order valence-corrected chi connectivity index (χ1v) is 21.6. The van der Waals surface area contributed by atoms with Gasteiger partial charge in [-0.15, -0.1) is 0 Å². The molecule has 1 amide bonds.